The zero-order valence-corrected chi connectivity index (χ0v) is 12.2. The van der Waals surface area contributed by atoms with Gasteiger partial charge in [0.2, 0.25) is 11.2 Å². The average molecular weight is 311 g/mol. The molecule has 0 aliphatic heterocycles. The zero-order valence-electron chi connectivity index (χ0n) is 11.4. The number of hydrogen-bond acceptors (Lipinski definition) is 3. The van der Waals surface area contributed by atoms with Crippen LogP contribution in [-0.2, 0) is 0 Å². The maximum Gasteiger partial charge on any atom is 0.219 e. The monoisotopic (exact) mass is 310 g/mol. The number of nitrogens with one attached hydrogen (secondary N) is 1. The minimum atomic E-state index is -0.407. The summed E-state index contributed by atoms with van der Waals surface area (Å²) in [6.07, 6.45) is 1.48. The van der Waals surface area contributed by atoms with E-state index in [0.717, 1.165) is 0 Å². The summed E-state index contributed by atoms with van der Waals surface area (Å²) in [6.45, 7) is 0. The van der Waals surface area contributed by atoms with E-state index < -0.39 is 11.2 Å². The summed E-state index contributed by atoms with van der Waals surface area (Å²) in [6, 6.07) is 15.4. The van der Waals surface area contributed by atoms with E-state index in [1.165, 1.54) is 6.20 Å². The highest BCUT2D eigenvalue weighted by Gasteiger charge is 2.17. The van der Waals surface area contributed by atoms with Gasteiger partial charge in [-0.2, -0.15) is 5.10 Å². The molecule has 0 saturated heterocycles. The van der Waals surface area contributed by atoms with Crippen molar-refractivity contribution in [3.63, 3.8) is 0 Å². The molecule has 0 unspecified atom stereocenters. The molecule has 5 heteroatoms. The summed E-state index contributed by atoms with van der Waals surface area (Å²) in [5.41, 5.74) is 0.948. The molecule has 0 aliphatic rings. The quantitative estimate of drug-likeness (QED) is 0.755. The minimum Gasteiger partial charge on any atom is -0.287 e. The topological polar surface area (TPSA) is 62.8 Å². The number of carbonyl (C=O) groups excluding carboxylic acids is 1. The number of ketones is 1. The molecule has 0 radical (unpaired) electrons. The second-order valence-corrected chi connectivity index (χ2v) is 5.12. The molecular weight excluding hydrogens is 300 g/mol. The highest BCUT2D eigenvalue weighted by molar-refractivity contribution is 6.30. The van der Waals surface area contributed by atoms with Gasteiger partial charge in [0.1, 0.15) is 0 Å². The third-order valence-corrected chi connectivity index (χ3v) is 3.50. The highest BCUT2D eigenvalue weighted by Crippen LogP contribution is 2.18. The van der Waals surface area contributed by atoms with Crippen LogP contribution in [0.3, 0.4) is 0 Å². The van der Waals surface area contributed by atoms with Gasteiger partial charge < -0.3 is 0 Å². The first kappa shape index (κ1) is 14.2. The number of nitrogens with zero attached hydrogens (tertiary/aromatic N) is 1. The zero-order chi connectivity index (χ0) is 15.5. The van der Waals surface area contributed by atoms with Crippen LogP contribution in [0.1, 0.15) is 16.1 Å². The molecule has 0 spiro atoms. The normalized spacial score (nSPS) is 10.4. The Kier molecular flexibility index (Phi) is 3.85. The van der Waals surface area contributed by atoms with Crippen LogP contribution in [0.15, 0.2) is 65.6 Å². The van der Waals surface area contributed by atoms with E-state index in [1.54, 1.807) is 54.6 Å². The van der Waals surface area contributed by atoms with Crippen molar-refractivity contribution < 1.29 is 4.79 Å². The van der Waals surface area contributed by atoms with Crippen LogP contribution in [0.4, 0.5) is 0 Å². The number of aromatic nitrogens is 2. The number of aromatic amines is 1. The number of halogens is 1. The predicted molar refractivity (Wildman–Crippen MR) is 85.2 cm³/mol. The lowest BCUT2D eigenvalue weighted by molar-refractivity contribution is 0.103. The van der Waals surface area contributed by atoms with Gasteiger partial charge in [-0.05, 0) is 17.7 Å². The fourth-order valence-corrected chi connectivity index (χ4v) is 2.26. The number of hydrogen-bond donors (Lipinski definition) is 1. The van der Waals surface area contributed by atoms with Crippen LogP contribution >= 0.6 is 11.6 Å². The molecule has 0 saturated carbocycles. The van der Waals surface area contributed by atoms with Crippen LogP contribution in [0.2, 0.25) is 5.02 Å². The summed E-state index contributed by atoms with van der Waals surface area (Å²) >= 11 is 5.85. The first-order valence-corrected chi connectivity index (χ1v) is 6.98. The van der Waals surface area contributed by atoms with E-state index >= 15 is 0 Å². The van der Waals surface area contributed by atoms with Gasteiger partial charge >= 0.3 is 0 Å². The SMILES string of the molecule is O=C(c1ccccc1)c1n[nH]cc(-c2ccc(Cl)cc2)c1=O. The Morgan fingerprint density at radius 2 is 1.68 bits per heavy atom. The summed E-state index contributed by atoms with van der Waals surface area (Å²) < 4.78 is 0. The fraction of sp³-hybridized carbons (Fsp3) is 0. The van der Waals surface area contributed by atoms with E-state index in [0.29, 0.717) is 21.7 Å². The van der Waals surface area contributed by atoms with Crippen molar-refractivity contribution >= 4 is 17.4 Å². The highest BCUT2D eigenvalue weighted by atomic mass is 35.5. The van der Waals surface area contributed by atoms with E-state index in [9.17, 15) is 9.59 Å². The lowest BCUT2D eigenvalue weighted by Crippen LogP contribution is -2.20. The molecule has 0 bridgehead atoms. The number of carbonyl (C=O) groups is 1. The second kappa shape index (κ2) is 5.95. The predicted octanol–water partition coefficient (Wildman–Crippen LogP) is 3.32. The van der Waals surface area contributed by atoms with Crippen molar-refractivity contribution in [2.45, 2.75) is 0 Å². The molecule has 4 nitrogen and oxygen atoms in total. The molecule has 22 heavy (non-hydrogen) atoms. The van der Waals surface area contributed by atoms with Gasteiger partial charge in [0.15, 0.2) is 5.69 Å². The molecule has 1 heterocycles. The Bertz CT molecular complexity index is 871. The van der Waals surface area contributed by atoms with Gasteiger partial charge in [0, 0.05) is 22.3 Å². The van der Waals surface area contributed by atoms with Gasteiger partial charge in [0.05, 0.1) is 0 Å². The summed E-state index contributed by atoms with van der Waals surface area (Å²) in [5, 5.41) is 7.05. The Hall–Kier alpha value is -2.72. The third-order valence-electron chi connectivity index (χ3n) is 3.25. The maximum atomic E-state index is 12.5. The molecule has 2 aromatic carbocycles. The number of H-pyrrole nitrogens is 1. The van der Waals surface area contributed by atoms with Gasteiger partial charge in [-0.1, -0.05) is 54.1 Å². The first-order valence-electron chi connectivity index (χ1n) is 6.60. The Labute approximate surface area is 131 Å². The molecule has 0 atom stereocenters. The van der Waals surface area contributed by atoms with Crippen molar-refractivity contribution in [2.24, 2.45) is 0 Å². The fourth-order valence-electron chi connectivity index (χ4n) is 2.13. The average Bonchev–Trinajstić information content (AvgIpc) is 2.56. The molecule has 1 aromatic heterocycles. The van der Waals surface area contributed by atoms with E-state index in [4.69, 9.17) is 11.6 Å². The van der Waals surface area contributed by atoms with Crippen molar-refractivity contribution in [1.82, 2.24) is 10.2 Å². The number of benzene rings is 2. The minimum absolute atomic E-state index is 0.126. The summed E-state index contributed by atoms with van der Waals surface area (Å²) in [5.74, 6) is -0.405. The lowest BCUT2D eigenvalue weighted by atomic mass is 10.0. The van der Waals surface area contributed by atoms with Crippen LogP contribution in [-0.4, -0.2) is 16.0 Å². The summed E-state index contributed by atoms with van der Waals surface area (Å²) in [7, 11) is 0. The van der Waals surface area contributed by atoms with E-state index in [-0.39, 0.29) is 5.69 Å². The summed E-state index contributed by atoms with van der Waals surface area (Å²) in [4.78, 5) is 24.9. The first-order chi connectivity index (χ1) is 10.7. The van der Waals surface area contributed by atoms with Crippen LogP contribution < -0.4 is 5.43 Å². The van der Waals surface area contributed by atoms with E-state index in [1.807, 2.05) is 0 Å². The Morgan fingerprint density at radius 3 is 2.36 bits per heavy atom. The largest absolute Gasteiger partial charge is 0.287 e. The van der Waals surface area contributed by atoms with Crippen molar-refractivity contribution in [2.75, 3.05) is 0 Å². The van der Waals surface area contributed by atoms with Gasteiger partial charge in [0.25, 0.3) is 0 Å². The number of rotatable bonds is 3. The molecule has 0 fully saturated rings. The third kappa shape index (κ3) is 2.69. The standard InChI is InChI=1S/C17H11ClN2O2/c18-13-8-6-11(7-9-13)14-10-19-20-15(17(14)22)16(21)12-4-2-1-3-5-12/h1-10H,(H,19,22). The molecule has 3 aromatic rings. The van der Waals surface area contributed by atoms with Crippen molar-refractivity contribution in [1.29, 1.82) is 0 Å². The lowest BCUT2D eigenvalue weighted by Gasteiger charge is -2.04. The molecule has 3 rings (SSSR count). The molecule has 1 N–H and O–H groups in total. The molecule has 108 valence electrons. The van der Waals surface area contributed by atoms with Crippen LogP contribution in [0.5, 0.6) is 0 Å². The second-order valence-electron chi connectivity index (χ2n) is 4.68. The van der Waals surface area contributed by atoms with E-state index in [2.05, 4.69) is 10.2 Å². The molecule has 0 aliphatic carbocycles. The van der Waals surface area contributed by atoms with Crippen LogP contribution in [0.25, 0.3) is 11.1 Å². The van der Waals surface area contributed by atoms with Gasteiger partial charge in [-0.3, -0.25) is 14.7 Å². The van der Waals surface area contributed by atoms with Gasteiger partial charge in [-0.25, -0.2) is 0 Å². The van der Waals surface area contributed by atoms with Crippen LogP contribution in [0, 0.1) is 0 Å². The Morgan fingerprint density at radius 1 is 1.00 bits per heavy atom. The maximum absolute atomic E-state index is 12.5. The Balaban J connectivity index is 2.08. The smallest absolute Gasteiger partial charge is 0.219 e. The molecule has 0 amide bonds. The molecular formula is C17H11ClN2O2. The van der Waals surface area contributed by atoms with Gasteiger partial charge in [-0.15, -0.1) is 0 Å². The van der Waals surface area contributed by atoms with Crippen molar-refractivity contribution in [3.05, 3.63) is 87.3 Å². The van der Waals surface area contributed by atoms with Crippen molar-refractivity contribution in [3.8, 4) is 11.1 Å².